The van der Waals surface area contributed by atoms with E-state index in [9.17, 15) is 0 Å². The van der Waals surface area contributed by atoms with Crippen LogP contribution in [-0.2, 0) is 9.47 Å². The topological polar surface area (TPSA) is 30.5 Å². The first-order chi connectivity index (χ1) is 9.90. The molecule has 1 unspecified atom stereocenters. The number of rotatable bonds is 8. The number of methoxy groups -OCH3 is 1. The van der Waals surface area contributed by atoms with E-state index in [0.29, 0.717) is 12.7 Å². The normalized spacial score (nSPS) is 18.1. The molecule has 1 N–H and O–H groups in total. The van der Waals surface area contributed by atoms with Gasteiger partial charge in [0.1, 0.15) is 0 Å². The molecule has 112 valence electrons. The number of ether oxygens (including phenoxy) is 2. The largest absolute Gasteiger partial charge is 0.383 e. The minimum Gasteiger partial charge on any atom is -0.383 e. The highest BCUT2D eigenvalue weighted by Gasteiger charge is 2.14. The molecule has 0 radical (unpaired) electrons. The first-order valence-corrected chi connectivity index (χ1v) is 7.79. The molecule has 1 aliphatic carbocycles. The summed E-state index contributed by atoms with van der Waals surface area (Å²) in [6.07, 6.45) is 6.99. The molecule has 1 aliphatic rings. The van der Waals surface area contributed by atoms with Gasteiger partial charge in [0.2, 0.25) is 0 Å². The third-order valence-electron chi connectivity index (χ3n) is 3.93. The zero-order valence-electron chi connectivity index (χ0n) is 12.5. The molecule has 20 heavy (non-hydrogen) atoms. The lowest BCUT2D eigenvalue weighted by molar-refractivity contribution is 0.0281. The molecule has 3 heteroatoms. The van der Waals surface area contributed by atoms with Crippen LogP contribution in [0, 0.1) is 0 Å². The van der Waals surface area contributed by atoms with Crippen LogP contribution in [-0.4, -0.2) is 33.0 Å². The average molecular weight is 277 g/mol. The maximum absolute atomic E-state index is 5.94. The minimum atomic E-state index is 0.246. The molecule has 0 amide bonds. The SMILES string of the molecule is COCC(NCCOC1CCCCC1)c1ccccc1. The Morgan fingerprint density at radius 3 is 2.60 bits per heavy atom. The number of hydrogen-bond acceptors (Lipinski definition) is 3. The summed E-state index contributed by atoms with van der Waals surface area (Å²) in [5.74, 6) is 0. The van der Waals surface area contributed by atoms with E-state index < -0.39 is 0 Å². The zero-order chi connectivity index (χ0) is 14.0. The van der Waals surface area contributed by atoms with E-state index in [0.717, 1.165) is 13.2 Å². The summed E-state index contributed by atoms with van der Waals surface area (Å²) in [5, 5.41) is 3.53. The van der Waals surface area contributed by atoms with Crippen LogP contribution in [0.25, 0.3) is 0 Å². The highest BCUT2D eigenvalue weighted by atomic mass is 16.5. The van der Waals surface area contributed by atoms with Crippen molar-refractivity contribution in [1.82, 2.24) is 5.32 Å². The Kier molecular flexibility index (Phi) is 7.06. The quantitative estimate of drug-likeness (QED) is 0.739. The lowest BCUT2D eigenvalue weighted by Gasteiger charge is -2.23. The predicted molar refractivity (Wildman–Crippen MR) is 81.9 cm³/mol. The molecule has 0 saturated heterocycles. The van der Waals surface area contributed by atoms with Gasteiger partial charge in [-0.25, -0.2) is 0 Å². The van der Waals surface area contributed by atoms with Crippen molar-refractivity contribution in [3.63, 3.8) is 0 Å². The molecule has 1 atom stereocenters. The summed E-state index contributed by atoms with van der Waals surface area (Å²) in [7, 11) is 1.75. The van der Waals surface area contributed by atoms with Crippen molar-refractivity contribution >= 4 is 0 Å². The Hall–Kier alpha value is -0.900. The molecular formula is C17H27NO2. The van der Waals surface area contributed by atoms with Crippen molar-refractivity contribution in [2.75, 3.05) is 26.9 Å². The van der Waals surface area contributed by atoms with Gasteiger partial charge in [0.25, 0.3) is 0 Å². The van der Waals surface area contributed by atoms with E-state index in [1.165, 1.54) is 37.7 Å². The molecule has 2 rings (SSSR count). The zero-order valence-corrected chi connectivity index (χ0v) is 12.5. The van der Waals surface area contributed by atoms with Crippen LogP contribution in [0.2, 0.25) is 0 Å². The fourth-order valence-electron chi connectivity index (χ4n) is 2.82. The average Bonchev–Trinajstić information content (AvgIpc) is 2.52. The van der Waals surface area contributed by atoms with Crippen LogP contribution >= 0.6 is 0 Å². The Morgan fingerprint density at radius 1 is 1.15 bits per heavy atom. The summed E-state index contributed by atoms with van der Waals surface area (Å²) < 4.78 is 11.2. The molecule has 0 aliphatic heterocycles. The summed E-state index contributed by atoms with van der Waals surface area (Å²) in [6, 6.07) is 10.7. The second-order valence-electron chi connectivity index (χ2n) is 5.50. The van der Waals surface area contributed by atoms with Crippen LogP contribution in [0.15, 0.2) is 30.3 Å². The minimum absolute atomic E-state index is 0.246. The highest BCUT2D eigenvalue weighted by molar-refractivity contribution is 5.18. The summed E-state index contributed by atoms with van der Waals surface area (Å²) >= 11 is 0. The Morgan fingerprint density at radius 2 is 1.90 bits per heavy atom. The van der Waals surface area contributed by atoms with Crippen LogP contribution in [0.5, 0.6) is 0 Å². The first-order valence-electron chi connectivity index (χ1n) is 7.79. The van der Waals surface area contributed by atoms with Crippen LogP contribution in [0.4, 0.5) is 0 Å². The summed E-state index contributed by atoms with van der Waals surface area (Å²) in [4.78, 5) is 0. The Bertz CT molecular complexity index is 349. The van der Waals surface area contributed by atoms with E-state index in [2.05, 4.69) is 29.6 Å². The molecule has 1 fully saturated rings. The fraction of sp³-hybridized carbons (Fsp3) is 0.647. The van der Waals surface area contributed by atoms with Gasteiger partial charge in [-0.15, -0.1) is 0 Å². The van der Waals surface area contributed by atoms with Crippen LogP contribution in [0.3, 0.4) is 0 Å². The van der Waals surface area contributed by atoms with Crippen LogP contribution in [0.1, 0.15) is 43.7 Å². The first kappa shape index (κ1) is 15.5. The summed E-state index contributed by atoms with van der Waals surface area (Å²) in [6.45, 7) is 2.35. The molecular weight excluding hydrogens is 250 g/mol. The van der Waals surface area contributed by atoms with Gasteiger partial charge in [-0.3, -0.25) is 0 Å². The van der Waals surface area contributed by atoms with Crippen molar-refractivity contribution in [1.29, 1.82) is 0 Å². The summed E-state index contributed by atoms with van der Waals surface area (Å²) in [5.41, 5.74) is 1.27. The van der Waals surface area contributed by atoms with Gasteiger partial charge in [0.15, 0.2) is 0 Å². The van der Waals surface area contributed by atoms with Gasteiger partial charge in [0, 0.05) is 13.7 Å². The van der Waals surface area contributed by atoms with Gasteiger partial charge in [-0.1, -0.05) is 49.6 Å². The highest BCUT2D eigenvalue weighted by Crippen LogP contribution is 2.20. The number of hydrogen-bond donors (Lipinski definition) is 1. The van der Waals surface area contributed by atoms with Crippen LogP contribution < -0.4 is 5.32 Å². The van der Waals surface area contributed by atoms with E-state index in [1.807, 2.05) is 6.07 Å². The number of nitrogens with one attached hydrogen (secondary N) is 1. The fourth-order valence-corrected chi connectivity index (χ4v) is 2.82. The Labute approximate surface area is 122 Å². The molecule has 0 aromatic heterocycles. The molecule has 1 aromatic carbocycles. The molecule has 3 nitrogen and oxygen atoms in total. The predicted octanol–water partition coefficient (Wildman–Crippen LogP) is 3.31. The third-order valence-corrected chi connectivity index (χ3v) is 3.93. The van der Waals surface area contributed by atoms with E-state index in [1.54, 1.807) is 7.11 Å². The monoisotopic (exact) mass is 277 g/mol. The van der Waals surface area contributed by atoms with Gasteiger partial charge in [-0.2, -0.15) is 0 Å². The molecule has 0 spiro atoms. The standard InChI is InChI=1S/C17H27NO2/c1-19-14-17(15-8-4-2-5-9-15)18-12-13-20-16-10-6-3-7-11-16/h2,4-5,8-9,16-18H,3,6-7,10-14H2,1H3. The maximum atomic E-state index is 5.94. The van der Waals surface area contributed by atoms with Crippen molar-refractivity contribution < 1.29 is 9.47 Å². The van der Waals surface area contributed by atoms with Gasteiger partial charge in [-0.05, 0) is 18.4 Å². The Balaban J connectivity index is 1.69. The van der Waals surface area contributed by atoms with Gasteiger partial charge >= 0.3 is 0 Å². The lowest BCUT2D eigenvalue weighted by atomic mass is 9.98. The van der Waals surface area contributed by atoms with Gasteiger partial charge in [0.05, 0.1) is 25.4 Å². The maximum Gasteiger partial charge on any atom is 0.0657 e. The van der Waals surface area contributed by atoms with Crippen molar-refractivity contribution in [3.05, 3.63) is 35.9 Å². The van der Waals surface area contributed by atoms with E-state index >= 15 is 0 Å². The number of benzene rings is 1. The second kappa shape index (κ2) is 9.11. The molecule has 0 bridgehead atoms. The third kappa shape index (κ3) is 5.23. The molecule has 0 heterocycles. The smallest absolute Gasteiger partial charge is 0.0657 e. The van der Waals surface area contributed by atoms with E-state index in [-0.39, 0.29) is 6.04 Å². The lowest BCUT2D eigenvalue weighted by Crippen LogP contribution is -2.30. The van der Waals surface area contributed by atoms with Crippen molar-refractivity contribution in [3.8, 4) is 0 Å². The van der Waals surface area contributed by atoms with Gasteiger partial charge < -0.3 is 14.8 Å². The molecule has 1 aromatic rings. The second-order valence-corrected chi connectivity index (χ2v) is 5.50. The van der Waals surface area contributed by atoms with Crippen molar-refractivity contribution in [2.45, 2.75) is 44.2 Å². The molecule has 1 saturated carbocycles. The van der Waals surface area contributed by atoms with E-state index in [4.69, 9.17) is 9.47 Å². The van der Waals surface area contributed by atoms with Crippen molar-refractivity contribution in [2.24, 2.45) is 0 Å².